The number of halogens is 1. The van der Waals surface area contributed by atoms with Crippen LogP contribution in [-0.2, 0) is 5.41 Å². The van der Waals surface area contributed by atoms with Crippen LogP contribution in [0.1, 0.15) is 52.2 Å². The average Bonchev–Trinajstić information content (AvgIpc) is 2.37. The molecule has 0 N–H and O–H groups in total. The van der Waals surface area contributed by atoms with Crippen LogP contribution < -0.4 is 0 Å². The molecule has 0 saturated heterocycles. The van der Waals surface area contributed by atoms with Gasteiger partial charge in [-0.25, -0.2) is 0 Å². The Bertz CT molecular complexity index is 396. The Morgan fingerprint density at radius 3 is 2.06 bits per heavy atom. The van der Waals surface area contributed by atoms with Crippen LogP contribution in [0, 0.1) is 0 Å². The van der Waals surface area contributed by atoms with E-state index in [1.165, 1.54) is 28.7 Å². The lowest BCUT2D eigenvalue weighted by atomic mass is 9.82. The van der Waals surface area contributed by atoms with E-state index in [0.29, 0.717) is 0 Å². The first-order valence-corrected chi connectivity index (χ1v) is 7.37. The van der Waals surface area contributed by atoms with Crippen LogP contribution in [0.5, 0.6) is 0 Å². The first-order valence-electron chi connectivity index (χ1n) is 6.25. The molecule has 0 aliphatic heterocycles. The van der Waals surface area contributed by atoms with Gasteiger partial charge in [0.05, 0.1) is 0 Å². The summed E-state index contributed by atoms with van der Waals surface area (Å²) in [6, 6.07) is 9.02. The molecule has 1 aromatic carbocycles. The molecule has 1 heteroatoms. The van der Waals surface area contributed by atoms with E-state index in [9.17, 15) is 0 Å². The lowest BCUT2D eigenvalue weighted by Crippen LogP contribution is -2.15. The quantitative estimate of drug-likeness (QED) is 0.638. The van der Waals surface area contributed by atoms with E-state index in [-0.39, 0.29) is 5.41 Å². The molecule has 1 aromatic rings. The highest BCUT2D eigenvalue weighted by Crippen LogP contribution is 2.28. The third kappa shape index (κ3) is 3.45. The molecular formula is C16H23Br. The van der Waals surface area contributed by atoms with Crippen molar-refractivity contribution in [3.63, 3.8) is 0 Å². The highest BCUT2D eigenvalue weighted by molar-refractivity contribution is 9.09. The van der Waals surface area contributed by atoms with E-state index < -0.39 is 0 Å². The average molecular weight is 295 g/mol. The predicted octanol–water partition coefficient (Wildman–Crippen LogP) is 5.56. The smallest absolute Gasteiger partial charge is 0.0245 e. The van der Waals surface area contributed by atoms with Gasteiger partial charge in [-0.05, 0) is 42.4 Å². The zero-order valence-electron chi connectivity index (χ0n) is 11.6. The lowest BCUT2D eigenvalue weighted by molar-refractivity contribution is 0.506. The highest BCUT2D eigenvalue weighted by Gasteiger charge is 2.17. The second-order valence-corrected chi connectivity index (χ2v) is 5.91. The molecule has 94 valence electrons. The molecule has 17 heavy (non-hydrogen) atoms. The van der Waals surface area contributed by atoms with Gasteiger partial charge < -0.3 is 0 Å². The number of hydrogen-bond acceptors (Lipinski definition) is 0. The second kappa shape index (κ2) is 5.86. The Morgan fingerprint density at radius 1 is 1.12 bits per heavy atom. The molecule has 0 saturated carbocycles. The van der Waals surface area contributed by atoms with Crippen molar-refractivity contribution in [1.82, 2.24) is 0 Å². The molecule has 0 aliphatic carbocycles. The maximum absolute atomic E-state index is 3.51. The molecular weight excluding hydrogens is 272 g/mol. The SMILES string of the molecule is CCC(C)(C)c1ccc(C(C)=C(C)CBr)cc1. The monoisotopic (exact) mass is 294 g/mol. The summed E-state index contributed by atoms with van der Waals surface area (Å²) in [6.45, 7) is 11.2. The predicted molar refractivity (Wildman–Crippen MR) is 81.8 cm³/mol. The molecule has 0 amide bonds. The summed E-state index contributed by atoms with van der Waals surface area (Å²) in [5, 5.41) is 0.945. The molecule has 0 aliphatic rings. The molecule has 0 aromatic heterocycles. The molecule has 0 fully saturated rings. The summed E-state index contributed by atoms with van der Waals surface area (Å²) in [5.41, 5.74) is 5.81. The van der Waals surface area contributed by atoms with Crippen molar-refractivity contribution in [1.29, 1.82) is 0 Å². The normalized spacial score (nSPS) is 13.5. The molecule has 0 heterocycles. The van der Waals surface area contributed by atoms with Gasteiger partial charge in [-0.15, -0.1) is 0 Å². The molecule has 0 unspecified atom stereocenters. The zero-order chi connectivity index (χ0) is 13.1. The Labute approximate surface area is 114 Å². The number of allylic oxidation sites excluding steroid dienone is 2. The largest absolute Gasteiger partial charge is 0.0880 e. The van der Waals surface area contributed by atoms with Gasteiger partial charge in [-0.3, -0.25) is 0 Å². The summed E-state index contributed by atoms with van der Waals surface area (Å²) < 4.78 is 0. The van der Waals surface area contributed by atoms with E-state index in [0.717, 1.165) is 5.33 Å². The van der Waals surface area contributed by atoms with Crippen molar-refractivity contribution in [3.8, 4) is 0 Å². The number of alkyl halides is 1. The summed E-state index contributed by atoms with van der Waals surface area (Å²) >= 11 is 3.51. The first-order chi connectivity index (χ1) is 7.92. The van der Waals surface area contributed by atoms with Crippen molar-refractivity contribution >= 4 is 21.5 Å². The summed E-state index contributed by atoms with van der Waals surface area (Å²) in [6.07, 6.45) is 1.17. The molecule has 0 radical (unpaired) electrons. The van der Waals surface area contributed by atoms with Gasteiger partial charge in [-0.2, -0.15) is 0 Å². The second-order valence-electron chi connectivity index (χ2n) is 5.35. The molecule has 1 rings (SSSR count). The fourth-order valence-corrected chi connectivity index (χ4v) is 2.14. The van der Waals surface area contributed by atoms with Crippen LogP contribution in [0.15, 0.2) is 29.8 Å². The van der Waals surface area contributed by atoms with Crippen molar-refractivity contribution in [2.24, 2.45) is 0 Å². The Balaban J connectivity index is 3.05. The lowest BCUT2D eigenvalue weighted by Gasteiger charge is -2.23. The fourth-order valence-electron chi connectivity index (χ4n) is 1.72. The van der Waals surface area contributed by atoms with Crippen LogP contribution >= 0.6 is 15.9 Å². The van der Waals surface area contributed by atoms with Crippen LogP contribution in [-0.4, -0.2) is 5.33 Å². The highest BCUT2D eigenvalue weighted by atomic mass is 79.9. The number of hydrogen-bond donors (Lipinski definition) is 0. The molecule has 0 nitrogen and oxygen atoms in total. The van der Waals surface area contributed by atoms with Gasteiger partial charge in [0.25, 0.3) is 0 Å². The van der Waals surface area contributed by atoms with Crippen molar-refractivity contribution in [2.75, 3.05) is 5.33 Å². The third-order valence-corrected chi connectivity index (χ3v) is 4.66. The molecule has 0 spiro atoms. The minimum atomic E-state index is 0.278. The Hall–Kier alpha value is -0.560. The van der Waals surface area contributed by atoms with Crippen LogP contribution in [0.2, 0.25) is 0 Å². The van der Waals surface area contributed by atoms with Gasteiger partial charge in [-0.1, -0.05) is 66.5 Å². The standard InChI is InChI=1S/C16H23Br/c1-6-16(4,5)15-9-7-14(8-10-15)13(3)12(2)11-17/h7-10H,6,11H2,1-5H3. The zero-order valence-corrected chi connectivity index (χ0v) is 13.2. The van der Waals surface area contributed by atoms with E-state index in [4.69, 9.17) is 0 Å². The van der Waals surface area contributed by atoms with Gasteiger partial charge in [0.15, 0.2) is 0 Å². The molecule has 0 bridgehead atoms. The third-order valence-electron chi connectivity index (χ3n) is 3.82. The van der Waals surface area contributed by atoms with Gasteiger partial charge in [0.1, 0.15) is 0 Å². The number of benzene rings is 1. The van der Waals surface area contributed by atoms with Crippen LogP contribution in [0.3, 0.4) is 0 Å². The van der Waals surface area contributed by atoms with E-state index >= 15 is 0 Å². The van der Waals surface area contributed by atoms with E-state index in [2.05, 4.69) is 74.8 Å². The van der Waals surface area contributed by atoms with Gasteiger partial charge in [0, 0.05) is 5.33 Å². The van der Waals surface area contributed by atoms with Crippen molar-refractivity contribution in [3.05, 3.63) is 41.0 Å². The summed E-state index contributed by atoms with van der Waals surface area (Å²) in [7, 11) is 0. The van der Waals surface area contributed by atoms with Crippen LogP contribution in [0.4, 0.5) is 0 Å². The summed E-state index contributed by atoms with van der Waals surface area (Å²) in [5.74, 6) is 0. The van der Waals surface area contributed by atoms with E-state index in [1.54, 1.807) is 0 Å². The van der Waals surface area contributed by atoms with Gasteiger partial charge in [0.2, 0.25) is 0 Å². The first kappa shape index (κ1) is 14.5. The maximum Gasteiger partial charge on any atom is 0.0245 e. The van der Waals surface area contributed by atoms with Crippen LogP contribution in [0.25, 0.3) is 5.57 Å². The van der Waals surface area contributed by atoms with E-state index in [1.807, 2.05) is 0 Å². The summed E-state index contributed by atoms with van der Waals surface area (Å²) in [4.78, 5) is 0. The van der Waals surface area contributed by atoms with Gasteiger partial charge >= 0.3 is 0 Å². The Morgan fingerprint density at radius 2 is 1.65 bits per heavy atom. The Kier molecular flexibility index (Phi) is 5.00. The van der Waals surface area contributed by atoms with Crippen molar-refractivity contribution < 1.29 is 0 Å². The number of rotatable bonds is 4. The minimum Gasteiger partial charge on any atom is -0.0880 e. The molecule has 0 atom stereocenters. The van der Waals surface area contributed by atoms with Crippen molar-refractivity contribution in [2.45, 2.75) is 46.5 Å². The maximum atomic E-state index is 3.51. The fraction of sp³-hybridized carbons (Fsp3) is 0.500. The minimum absolute atomic E-state index is 0.278. The topological polar surface area (TPSA) is 0 Å².